The van der Waals surface area contributed by atoms with Crippen LogP contribution in [0.15, 0.2) is 72.1 Å². The fourth-order valence-corrected chi connectivity index (χ4v) is 4.39. The molecule has 190 valence electrons. The Morgan fingerprint density at radius 2 is 1.72 bits per heavy atom. The Bertz CT molecular complexity index is 1100. The molecule has 0 aliphatic rings. The highest BCUT2D eigenvalue weighted by Gasteiger charge is 2.31. The van der Waals surface area contributed by atoms with Crippen molar-refractivity contribution in [1.29, 1.82) is 0 Å². The third kappa shape index (κ3) is 8.03. The maximum Gasteiger partial charge on any atom is 0.251 e. The van der Waals surface area contributed by atoms with E-state index in [2.05, 4.69) is 10.6 Å². The molecule has 0 unspecified atom stereocenters. The minimum Gasteiger partial charge on any atom is -0.382 e. The third-order valence-electron chi connectivity index (χ3n) is 5.58. The Labute approximate surface area is 216 Å². The van der Waals surface area contributed by atoms with Crippen molar-refractivity contribution >= 4 is 29.1 Å². The highest BCUT2D eigenvalue weighted by Crippen LogP contribution is 2.25. The molecule has 1 aromatic heterocycles. The van der Waals surface area contributed by atoms with Gasteiger partial charge >= 0.3 is 0 Å². The molecular weight excluding hydrogens is 474 g/mol. The van der Waals surface area contributed by atoms with Gasteiger partial charge < -0.3 is 20.3 Å². The zero-order valence-electron chi connectivity index (χ0n) is 20.7. The molecule has 1 heterocycles. The number of nitrogens with zero attached hydrogens (tertiary/aromatic N) is 1. The molecule has 0 radical (unpaired) electrons. The zero-order chi connectivity index (χ0) is 25.8. The minimum atomic E-state index is -0.846. The quantitative estimate of drug-likeness (QED) is 0.341. The summed E-state index contributed by atoms with van der Waals surface area (Å²) in [5.41, 5.74) is 2.24. The fourth-order valence-electron chi connectivity index (χ4n) is 3.69. The first-order valence-corrected chi connectivity index (χ1v) is 12.9. The molecule has 1 atom stereocenters. The number of carbonyl (C=O) groups is 3. The third-order valence-corrected chi connectivity index (χ3v) is 6.45. The second-order valence-electron chi connectivity index (χ2n) is 8.30. The van der Waals surface area contributed by atoms with E-state index in [0.717, 1.165) is 10.4 Å². The molecule has 0 saturated heterocycles. The highest BCUT2D eigenvalue weighted by molar-refractivity contribution is 7.09. The Kier molecular flexibility index (Phi) is 10.7. The standard InChI is InChI=1S/C28H33N3O4S/c1-3-35-17-8-16-29-28(34)26(22-14-12-21(2)13-15-22)31(20-24-11-7-18-36-24)25(32)19-30-27(33)23-9-5-4-6-10-23/h4-7,9-15,18,26H,3,8,16-17,19-20H2,1-2H3,(H,29,34)(H,30,33)/t26-/m0/s1. The minimum absolute atomic E-state index is 0.223. The molecule has 36 heavy (non-hydrogen) atoms. The zero-order valence-corrected chi connectivity index (χ0v) is 21.6. The molecule has 3 amide bonds. The molecule has 0 fully saturated rings. The molecule has 0 spiro atoms. The van der Waals surface area contributed by atoms with Crippen molar-refractivity contribution < 1.29 is 19.1 Å². The monoisotopic (exact) mass is 507 g/mol. The number of hydrogen-bond acceptors (Lipinski definition) is 5. The lowest BCUT2D eigenvalue weighted by molar-refractivity contribution is -0.140. The number of amides is 3. The van der Waals surface area contributed by atoms with Gasteiger partial charge in [-0.05, 0) is 49.4 Å². The van der Waals surface area contributed by atoms with E-state index in [1.54, 1.807) is 29.2 Å². The summed E-state index contributed by atoms with van der Waals surface area (Å²) in [6, 6.07) is 19.3. The second kappa shape index (κ2) is 14.2. The van der Waals surface area contributed by atoms with Gasteiger partial charge in [-0.25, -0.2) is 0 Å². The summed E-state index contributed by atoms with van der Waals surface area (Å²) in [5.74, 6) is -0.954. The topological polar surface area (TPSA) is 87.7 Å². The van der Waals surface area contributed by atoms with Gasteiger partial charge in [-0.1, -0.05) is 54.1 Å². The van der Waals surface area contributed by atoms with Gasteiger partial charge in [0.1, 0.15) is 6.04 Å². The van der Waals surface area contributed by atoms with Crippen LogP contribution in [0.1, 0.15) is 45.7 Å². The molecule has 2 N–H and O–H groups in total. The van der Waals surface area contributed by atoms with E-state index >= 15 is 0 Å². The summed E-state index contributed by atoms with van der Waals surface area (Å²) in [7, 11) is 0. The Morgan fingerprint density at radius 3 is 2.39 bits per heavy atom. The van der Waals surface area contributed by atoms with Crippen LogP contribution in [0.3, 0.4) is 0 Å². The predicted molar refractivity (Wildman–Crippen MR) is 142 cm³/mol. The molecule has 0 aliphatic heterocycles. The van der Waals surface area contributed by atoms with Gasteiger partial charge in [0.2, 0.25) is 11.8 Å². The first kappa shape index (κ1) is 27.1. The lowest BCUT2D eigenvalue weighted by Crippen LogP contribution is -2.47. The average molecular weight is 508 g/mol. The molecule has 0 saturated carbocycles. The van der Waals surface area contributed by atoms with Crippen molar-refractivity contribution in [2.45, 2.75) is 32.9 Å². The average Bonchev–Trinajstić information content (AvgIpc) is 3.41. The van der Waals surface area contributed by atoms with Crippen LogP contribution < -0.4 is 10.6 Å². The van der Waals surface area contributed by atoms with Crippen LogP contribution in [0.25, 0.3) is 0 Å². The fraction of sp³-hybridized carbons (Fsp3) is 0.321. The highest BCUT2D eigenvalue weighted by atomic mass is 32.1. The largest absolute Gasteiger partial charge is 0.382 e. The van der Waals surface area contributed by atoms with Crippen LogP contribution in [0.2, 0.25) is 0 Å². The molecular formula is C28H33N3O4S. The number of thiophene rings is 1. The van der Waals surface area contributed by atoms with Crippen LogP contribution >= 0.6 is 11.3 Å². The van der Waals surface area contributed by atoms with Crippen molar-refractivity contribution in [3.05, 3.63) is 93.7 Å². The predicted octanol–water partition coefficient (Wildman–Crippen LogP) is 4.10. The summed E-state index contributed by atoms with van der Waals surface area (Å²) in [6.45, 7) is 5.54. The number of hydrogen-bond donors (Lipinski definition) is 2. The lowest BCUT2D eigenvalue weighted by atomic mass is 10.0. The van der Waals surface area contributed by atoms with E-state index < -0.39 is 6.04 Å². The number of aryl methyl sites for hydroxylation is 1. The van der Waals surface area contributed by atoms with Gasteiger partial charge in [-0.3, -0.25) is 14.4 Å². The number of carbonyl (C=O) groups excluding carboxylic acids is 3. The summed E-state index contributed by atoms with van der Waals surface area (Å²) in [5, 5.41) is 7.60. The van der Waals surface area contributed by atoms with E-state index in [9.17, 15) is 14.4 Å². The van der Waals surface area contributed by atoms with Gasteiger partial charge in [0.15, 0.2) is 0 Å². The molecule has 2 aromatic carbocycles. The summed E-state index contributed by atoms with van der Waals surface area (Å²) < 4.78 is 5.37. The van der Waals surface area contributed by atoms with Crippen LogP contribution in [0.4, 0.5) is 0 Å². The smallest absolute Gasteiger partial charge is 0.251 e. The van der Waals surface area contributed by atoms with Crippen molar-refractivity contribution in [3.63, 3.8) is 0 Å². The van der Waals surface area contributed by atoms with Gasteiger partial charge in [0.25, 0.3) is 5.91 Å². The first-order chi connectivity index (χ1) is 17.5. The Morgan fingerprint density at radius 1 is 0.972 bits per heavy atom. The van der Waals surface area contributed by atoms with Gasteiger partial charge in [-0.2, -0.15) is 0 Å². The number of ether oxygens (including phenoxy) is 1. The van der Waals surface area contributed by atoms with Crippen LogP contribution in [-0.4, -0.2) is 48.9 Å². The van der Waals surface area contributed by atoms with Crippen LogP contribution in [0.5, 0.6) is 0 Å². The number of nitrogens with one attached hydrogen (secondary N) is 2. The normalized spacial score (nSPS) is 11.5. The summed E-state index contributed by atoms with van der Waals surface area (Å²) >= 11 is 1.51. The van der Waals surface area contributed by atoms with Gasteiger partial charge in [0.05, 0.1) is 13.1 Å². The van der Waals surface area contributed by atoms with Gasteiger partial charge in [0, 0.05) is 30.2 Å². The summed E-state index contributed by atoms with van der Waals surface area (Å²) in [6.07, 6.45) is 0.673. The van der Waals surface area contributed by atoms with Crippen molar-refractivity contribution in [1.82, 2.24) is 15.5 Å². The number of benzene rings is 2. The maximum absolute atomic E-state index is 13.5. The van der Waals surface area contributed by atoms with E-state index in [1.165, 1.54) is 11.3 Å². The van der Waals surface area contributed by atoms with E-state index in [-0.39, 0.29) is 30.8 Å². The van der Waals surface area contributed by atoms with Crippen LogP contribution in [-0.2, 0) is 20.9 Å². The van der Waals surface area contributed by atoms with Crippen LogP contribution in [0, 0.1) is 6.92 Å². The van der Waals surface area contributed by atoms with Crippen molar-refractivity contribution in [2.75, 3.05) is 26.3 Å². The molecule has 3 aromatic rings. The van der Waals surface area contributed by atoms with E-state index in [0.29, 0.717) is 37.3 Å². The SMILES string of the molecule is CCOCCCNC(=O)[C@H](c1ccc(C)cc1)N(Cc1cccs1)C(=O)CNC(=O)c1ccccc1. The van der Waals surface area contributed by atoms with E-state index in [1.807, 2.05) is 61.7 Å². The molecule has 0 aliphatic carbocycles. The lowest BCUT2D eigenvalue weighted by Gasteiger charge is -2.31. The number of rotatable bonds is 13. The van der Waals surface area contributed by atoms with Gasteiger partial charge in [-0.15, -0.1) is 11.3 Å². The Balaban J connectivity index is 1.83. The maximum atomic E-state index is 13.5. The second-order valence-corrected chi connectivity index (χ2v) is 9.34. The molecule has 7 nitrogen and oxygen atoms in total. The summed E-state index contributed by atoms with van der Waals surface area (Å²) in [4.78, 5) is 42.0. The molecule has 3 rings (SSSR count). The molecule has 0 bridgehead atoms. The van der Waals surface area contributed by atoms with Crippen molar-refractivity contribution in [2.24, 2.45) is 0 Å². The Hall–Kier alpha value is -3.49. The van der Waals surface area contributed by atoms with Crippen molar-refractivity contribution in [3.8, 4) is 0 Å². The first-order valence-electron chi connectivity index (χ1n) is 12.1. The van der Waals surface area contributed by atoms with E-state index in [4.69, 9.17) is 4.74 Å². The molecule has 8 heteroatoms.